The molecule has 2 heterocycles. The molecule has 1 amide bonds. The van der Waals surface area contributed by atoms with Crippen molar-refractivity contribution in [1.29, 1.82) is 0 Å². The first kappa shape index (κ1) is 19.8. The largest absolute Gasteiger partial charge is 0.369 e. The Hall–Kier alpha value is -2.94. The van der Waals surface area contributed by atoms with E-state index < -0.39 is 27.0 Å². The van der Waals surface area contributed by atoms with Crippen LogP contribution < -0.4 is 11.1 Å². The second-order valence-electron chi connectivity index (χ2n) is 7.03. The summed E-state index contributed by atoms with van der Waals surface area (Å²) in [7, 11) is -1.22. The first-order chi connectivity index (χ1) is 13.0. The van der Waals surface area contributed by atoms with Crippen LogP contribution in [0.25, 0.3) is 0 Å². The van der Waals surface area contributed by atoms with Gasteiger partial charge in [0.05, 0.1) is 15.5 Å². The van der Waals surface area contributed by atoms with Crippen LogP contribution in [0.2, 0.25) is 0 Å². The number of nitrogens with one attached hydrogen (secondary N) is 1. The van der Waals surface area contributed by atoms with Crippen LogP contribution in [0.4, 0.5) is 10.1 Å². The Morgan fingerprint density at radius 1 is 1.39 bits per heavy atom. The Bertz CT molecular complexity index is 1070. The summed E-state index contributed by atoms with van der Waals surface area (Å²) in [6.45, 7) is 3.51. The molecule has 148 valence electrons. The van der Waals surface area contributed by atoms with Gasteiger partial charge in [0, 0.05) is 24.5 Å². The van der Waals surface area contributed by atoms with Gasteiger partial charge in [0.25, 0.3) is 5.91 Å². The van der Waals surface area contributed by atoms with Crippen LogP contribution in [0, 0.1) is 12.7 Å². The van der Waals surface area contributed by atoms with Crippen molar-refractivity contribution in [2.24, 2.45) is 10.7 Å². The number of carbonyl (C=O) groups excluding carboxylic acids is 1. The van der Waals surface area contributed by atoms with Crippen LogP contribution >= 0.6 is 0 Å². The molecule has 0 aliphatic carbocycles. The Balaban J connectivity index is 1.96. The summed E-state index contributed by atoms with van der Waals surface area (Å²) < 4.78 is 28.7. The van der Waals surface area contributed by atoms with Crippen LogP contribution in [0.15, 0.2) is 41.5 Å². The zero-order valence-corrected chi connectivity index (χ0v) is 16.7. The van der Waals surface area contributed by atoms with Crippen molar-refractivity contribution >= 4 is 33.1 Å². The molecule has 1 aliphatic rings. The van der Waals surface area contributed by atoms with E-state index >= 15 is 0 Å². The van der Waals surface area contributed by atoms with E-state index in [1.165, 1.54) is 29.6 Å². The molecule has 7 nitrogen and oxygen atoms in total. The summed E-state index contributed by atoms with van der Waals surface area (Å²) in [5.41, 5.74) is 6.42. The standard InChI is InChI=1S/C19H22FN5O2S/c1-12-5-8-16(22-10-12)17(26)23-13-6-7-15(20)14(9-13)19(2)11-28(4,27)25(3)18(21)24-19/h5-10H,4,11H2,1-3H3,(H2,21,24)(H,23,26)/t19-,28?/m0/s1. The number of nitrogens with two attached hydrogens (primary N) is 1. The average molecular weight is 403 g/mol. The van der Waals surface area contributed by atoms with Gasteiger partial charge in [-0.2, -0.15) is 0 Å². The lowest BCUT2D eigenvalue weighted by molar-refractivity contribution is 0.102. The summed E-state index contributed by atoms with van der Waals surface area (Å²) in [5.74, 6) is 2.77. The molecular formula is C19H22FN5O2S. The van der Waals surface area contributed by atoms with Gasteiger partial charge in [-0.15, -0.1) is 0 Å². The predicted octanol–water partition coefficient (Wildman–Crippen LogP) is 1.89. The maximum atomic E-state index is 14.6. The van der Waals surface area contributed by atoms with Gasteiger partial charge >= 0.3 is 0 Å². The Kier molecular flexibility index (Phi) is 4.88. The molecule has 0 bridgehead atoms. The van der Waals surface area contributed by atoms with E-state index in [1.807, 2.05) is 6.92 Å². The summed E-state index contributed by atoms with van der Waals surface area (Å²) >= 11 is 0. The fourth-order valence-corrected chi connectivity index (χ4v) is 4.69. The smallest absolute Gasteiger partial charge is 0.274 e. The molecule has 1 aromatic heterocycles. The van der Waals surface area contributed by atoms with Crippen molar-refractivity contribution in [3.63, 3.8) is 0 Å². The van der Waals surface area contributed by atoms with Gasteiger partial charge in [-0.3, -0.25) is 14.1 Å². The highest BCUT2D eigenvalue weighted by Gasteiger charge is 2.38. The number of benzene rings is 1. The number of hydrogen-bond donors (Lipinski definition) is 2. The second-order valence-corrected chi connectivity index (χ2v) is 9.41. The molecule has 0 spiro atoms. The van der Waals surface area contributed by atoms with Crippen molar-refractivity contribution in [3.8, 4) is 0 Å². The van der Waals surface area contributed by atoms with Crippen molar-refractivity contribution in [3.05, 3.63) is 59.2 Å². The summed E-state index contributed by atoms with van der Waals surface area (Å²) in [6.07, 6.45) is 1.59. The zero-order valence-electron chi connectivity index (χ0n) is 15.9. The number of carbonyl (C=O) groups is 1. The molecule has 28 heavy (non-hydrogen) atoms. The highest BCUT2D eigenvalue weighted by atomic mass is 32.2. The molecule has 0 saturated heterocycles. The lowest BCUT2D eigenvalue weighted by atomic mass is 9.93. The Morgan fingerprint density at radius 3 is 2.71 bits per heavy atom. The fourth-order valence-electron chi connectivity index (χ4n) is 3.01. The van der Waals surface area contributed by atoms with Gasteiger partial charge in [-0.05, 0) is 49.5 Å². The minimum atomic E-state index is -2.75. The monoisotopic (exact) mass is 403 g/mol. The van der Waals surface area contributed by atoms with Gasteiger partial charge in [0.2, 0.25) is 5.96 Å². The van der Waals surface area contributed by atoms with Gasteiger partial charge in [-0.25, -0.2) is 13.6 Å². The molecule has 0 radical (unpaired) electrons. The lowest BCUT2D eigenvalue weighted by Crippen LogP contribution is -2.50. The number of aliphatic imine (C=N–C) groups is 1. The van der Waals surface area contributed by atoms with Gasteiger partial charge in [0.1, 0.15) is 17.1 Å². The number of pyridine rings is 1. The van der Waals surface area contributed by atoms with E-state index in [4.69, 9.17) is 5.73 Å². The van der Waals surface area contributed by atoms with E-state index in [0.29, 0.717) is 5.69 Å². The molecule has 3 N–H and O–H groups in total. The molecule has 1 aliphatic heterocycles. The van der Waals surface area contributed by atoms with E-state index in [1.54, 1.807) is 25.3 Å². The Morgan fingerprint density at radius 2 is 2.11 bits per heavy atom. The second kappa shape index (κ2) is 6.90. The number of nitrogens with zero attached hydrogens (tertiary/aromatic N) is 3. The van der Waals surface area contributed by atoms with Gasteiger partial charge in [0.15, 0.2) is 0 Å². The highest BCUT2D eigenvalue weighted by Crippen LogP contribution is 2.34. The molecule has 0 fully saturated rings. The molecule has 3 rings (SSSR count). The van der Waals surface area contributed by atoms with Crippen molar-refractivity contribution < 1.29 is 13.4 Å². The molecule has 1 unspecified atom stereocenters. The number of hydrogen-bond acceptors (Lipinski definition) is 5. The molecule has 1 aromatic carbocycles. The number of aromatic nitrogens is 1. The predicted molar refractivity (Wildman–Crippen MR) is 110 cm³/mol. The quantitative estimate of drug-likeness (QED) is 0.764. The SMILES string of the molecule is C=S1(=O)C[C@@](C)(c2cc(NC(=O)c3ccc(C)cn3)ccc2F)N=C(N)N1C. The van der Waals surface area contributed by atoms with Crippen molar-refractivity contribution in [2.45, 2.75) is 19.4 Å². The first-order valence-electron chi connectivity index (χ1n) is 8.50. The van der Waals surface area contributed by atoms with Crippen LogP contribution in [0.3, 0.4) is 0 Å². The summed E-state index contributed by atoms with van der Waals surface area (Å²) in [5, 5.41) is 2.70. The van der Waals surface area contributed by atoms with Gasteiger partial charge in [-0.1, -0.05) is 6.07 Å². The zero-order chi connectivity index (χ0) is 20.7. The van der Waals surface area contributed by atoms with E-state index in [-0.39, 0.29) is 23.0 Å². The minimum Gasteiger partial charge on any atom is -0.369 e. The van der Waals surface area contributed by atoms with Crippen molar-refractivity contribution in [2.75, 3.05) is 18.1 Å². The Labute approximate surface area is 163 Å². The van der Waals surface area contributed by atoms with Crippen LogP contribution in [-0.4, -0.2) is 44.0 Å². The molecule has 9 heteroatoms. The first-order valence-corrected chi connectivity index (χ1v) is 10.4. The fraction of sp³-hybridized carbons (Fsp3) is 0.263. The van der Waals surface area contributed by atoms with E-state index in [9.17, 15) is 13.4 Å². The third-order valence-electron chi connectivity index (χ3n) is 4.64. The third kappa shape index (κ3) is 3.70. The summed E-state index contributed by atoms with van der Waals surface area (Å²) in [6, 6.07) is 7.53. The minimum absolute atomic E-state index is 0.00889. The normalized spacial score (nSPS) is 24.6. The maximum Gasteiger partial charge on any atom is 0.274 e. The highest BCUT2D eigenvalue weighted by molar-refractivity contribution is 7.98. The van der Waals surface area contributed by atoms with E-state index in [2.05, 4.69) is 21.2 Å². The number of anilines is 1. The summed E-state index contributed by atoms with van der Waals surface area (Å²) in [4.78, 5) is 20.8. The van der Waals surface area contributed by atoms with Crippen molar-refractivity contribution in [1.82, 2.24) is 9.29 Å². The maximum absolute atomic E-state index is 14.6. The van der Waals surface area contributed by atoms with E-state index in [0.717, 1.165) is 5.56 Å². The molecule has 2 atom stereocenters. The molecular weight excluding hydrogens is 381 g/mol. The third-order valence-corrected chi connectivity index (χ3v) is 6.84. The van der Waals surface area contributed by atoms with Gasteiger partial charge < -0.3 is 11.1 Å². The number of halogens is 1. The topological polar surface area (TPSA) is 101 Å². The van der Waals surface area contributed by atoms with Crippen LogP contribution in [0.1, 0.15) is 28.5 Å². The number of rotatable bonds is 3. The lowest BCUT2D eigenvalue weighted by Gasteiger charge is -2.37. The molecule has 2 aromatic rings. The number of aryl methyl sites for hydroxylation is 1. The molecule has 0 saturated carbocycles. The average Bonchev–Trinajstić information content (AvgIpc) is 2.61. The van der Waals surface area contributed by atoms with Crippen LogP contribution in [0.5, 0.6) is 0 Å². The number of guanidine groups is 1. The van der Waals surface area contributed by atoms with Crippen LogP contribution in [-0.2, 0) is 15.2 Å². The number of amides is 1.